The van der Waals surface area contributed by atoms with Crippen molar-refractivity contribution in [2.24, 2.45) is 0 Å². The Balaban J connectivity index is 1.56. The maximum absolute atomic E-state index is 13.1. The fourth-order valence-corrected chi connectivity index (χ4v) is 5.09. The van der Waals surface area contributed by atoms with Crippen molar-refractivity contribution in [3.63, 3.8) is 0 Å². The molecule has 1 saturated heterocycles. The van der Waals surface area contributed by atoms with Gasteiger partial charge in [0.05, 0.1) is 20.3 Å². The third-order valence-electron chi connectivity index (χ3n) is 5.12. The number of nitrogens with zero attached hydrogens (tertiary/aromatic N) is 1. The van der Waals surface area contributed by atoms with Gasteiger partial charge in [-0.15, -0.1) is 0 Å². The average Bonchev–Trinajstić information content (AvgIpc) is 2.79. The van der Waals surface area contributed by atoms with Crippen LogP contribution >= 0.6 is 0 Å². The Kier molecular flexibility index (Phi) is 6.03. The van der Waals surface area contributed by atoms with Crippen molar-refractivity contribution in [3.05, 3.63) is 42.5 Å². The van der Waals surface area contributed by atoms with Crippen LogP contribution in [0.1, 0.15) is 6.92 Å². The van der Waals surface area contributed by atoms with Gasteiger partial charge in [0, 0.05) is 18.8 Å². The molecule has 2 heterocycles. The maximum Gasteiger partial charge on any atom is 0.269 e. The number of amides is 1. The number of fused-ring (bicyclic) bond motifs is 1. The van der Waals surface area contributed by atoms with Crippen LogP contribution in [0.4, 0.5) is 5.69 Å². The number of methoxy groups -OCH3 is 1. The second kappa shape index (κ2) is 8.74. The molecular weight excluding hydrogens is 424 g/mol. The molecule has 0 aromatic heterocycles. The molecule has 166 valence electrons. The molecule has 2 atom stereocenters. The molecule has 0 unspecified atom stereocenters. The highest BCUT2D eigenvalue weighted by Gasteiger charge is 2.35. The number of ether oxygens (including phenoxy) is 4. The zero-order chi connectivity index (χ0) is 22.0. The Morgan fingerprint density at radius 3 is 2.45 bits per heavy atom. The predicted octanol–water partition coefficient (Wildman–Crippen LogP) is 1.88. The van der Waals surface area contributed by atoms with E-state index in [1.54, 1.807) is 31.2 Å². The average molecular weight is 448 g/mol. The summed E-state index contributed by atoms with van der Waals surface area (Å²) < 4.78 is 49.7. The van der Waals surface area contributed by atoms with E-state index in [1.165, 1.54) is 23.5 Å². The highest BCUT2D eigenvalue weighted by Crippen LogP contribution is 2.34. The van der Waals surface area contributed by atoms with E-state index in [2.05, 4.69) is 5.32 Å². The molecular formula is C21H24N2O7S. The van der Waals surface area contributed by atoms with Crippen molar-refractivity contribution in [3.8, 4) is 17.2 Å². The van der Waals surface area contributed by atoms with Gasteiger partial charge in [-0.3, -0.25) is 4.79 Å². The van der Waals surface area contributed by atoms with E-state index in [9.17, 15) is 13.2 Å². The van der Waals surface area contributed by atoms with Crippen LogP contribution in [0.25, 0.3) is 0 Å². The number of carbonyl (C=O) groups is 1. The van der Waals surface area contributed by atoms with Gasteiger partial charge in [0.1, 0.15) is 16.7 Å². The largest absolute Gasteiger partial charge is 0.495 e. The van der Waals surface area contributed by atoms with Crippen LogP contribution in [0, 0.1) is 0 Å². The Hall–Kier alpha value is -2.82. The number of para-hydroxylation sites is 2. The SMILES string of the molecule is COc1ccc(NC(=O)[C@@H]2Oc3ccccc3O[C@@H]2C)cc1S(=O)(=O)N1CCOCC1. The molecule has 2 aromatic rings. The van der Waals surface area contributed by atoms with Crippen molar-refractivity contribution < 1.29 is 32.2 Å². The zero-order valence-electron chi connectivity index (χ0n) is 17.2. The first-order valence-corrected chi connectivity index (χ1v) is 11.3. The third kappa shape index (κ3) is 4.32. The van der Waals surface area contributed by atoms with E-state index in [0.29, 0.717) is 30.4 Å². The van der Waals surface area contributed by atoms with Crippen LogP contribution in [-0.4, -0.2) is 64.3 Å². The first-order valence-electron chi connectivity index (χ1n) is 9.89. The summed E-state index contributed by atoms with van der Waals surface area (Å²) in [5.74, 6) is 0.805. The molecule has 2 aliphatic heterocycles. The van der Waals surface area contributed by atoms with Gasteiger partial charge in [0.25, 0.3) is 5.91 Å². The summed E-state index contributed by atoms with van der Waals surface area (Å²) in [6.45, 7) is 2.91. The normalized spacial score (nSPS) is 21.4. The first-order chi connectivity index (χ1) is 14.9. The molecule has 0 spiro atoms. The molecule has 31 heavy (non-hydrogen) atoms. The van der Waals surface area contributed by atoms with E-state index in [1.807, 2.05) is 6.07 Å². The topological polar surface area (TPSA) is 103 Å². The highest BCUT2D eigenvalue weighted by molar-refractivity contribution is 7.89. The Morgan fingerprint density at radius 2 is 1.77 bits per heavy atom. The summed E-state index contributed by atoms with van der Waals surface area (Å²) in [7, 11) is -2.42. The molecule has 0 aliphatic carbocycles. The third-order valence-corrected chi connectivity index (χ3v) is 7.04. The van der Waals surface area contributed by atoms with Crippen LogP contribution in [-0.2, 0) is 19.6 Å². The lowest BCUT2D eigenvalue weighted by Crippen LogP contribution is -2.46. The zero-order valence-corrected chi connectivity index (χ0v) is 18.1. The molecule has 2 aliphatic rings. The van der Waals surface area contributed by atoms with Crippen LogP contribution in [0.15, 0.2) is 47.4 Å². The van der Waals surface area contributed by atoms with Gasteiger partial charge < -0.3 is 24.3 Å². The van der Waals surface area contributed by atoms with E-state index in [0.717, 1.165) is 0 Å². The number of anilines is 1. The van der Waals surface area contributed by atoms with Crippen molar-refractivity contribution in [2.75, 3.05) is 38.7 Å². The Labute approximate surface area is 180 Å². The fourth-order valence-electron chi connectivity index (χ4n) is 3.50. The molecule has 0 radical (unpaired) electrons. The number of nitrogens with one attached hydrogen (secondary N) is 1. The minimum atomic E-state index is -3.82. The van der Waals surface area contributed by atoms with Crippen LogP contribution in [0.5, 0.6) is 17.2 Å². The second-order valence-electron chi connectivity index (χ2n) is 7.18. The molecule has 10 heteroatoms. The number of hydrogen-bond acceptors (Lipinski definition) is 7. The first kappa shape index (κ1) is 21.4. The summed E-state index contributed by atoms with van der Waals surface area (Å²) in [6, 6.07) is 11.6. The number of morpholine rings is 1. The summed E-state index contributed by atoms with van der Waals surface area (Å²) >= 11 is 0. The van der Waals surface area contributed by atoms with Gasteiger partial charge in [0.2, 0.25) is 16.1 Å². The Bertz CT molecular complexity index is 1070. The number of carbonyl (C=O) groups excluding carboxylic acids is 1. The number of hydrogen-bond donors (Lipinski definition) is 1. The van der Waals surface area contributed by atoms with Gasteiger partial charge in [-0.25, -0.2) is 8.42 Å². The minimum absolute atomic E-state index is 0.0195. The molecule has 0 saturated carbocycles. The Morgan fingerprint density at radius 1 is 1.10 bits per heavy atom. The van der Waals surface area contributed by atoms with Crippen molar-refractivity contribution in [2.45, 2.75) is 24.0 Å². The van der Waals surface area contributed by atoms with Gasteiger partial charge in [-0.1, -0.05) is 12.1 Å². The molecule has 4 rings (SSSR count). The molecule has 0 bridgehead atoms. The molecule has 1 amide bonds. The predicted molar refractivity (Wildman–Crippen MR) is 112 cm³/mol. The van der Waals surface area contributed by atoms with Crippen LogP contribution in [0.2, 0.25) is 0 Å². The monoisotopic (exact) mass is 448 g/mol. The molecule has 1 N–H and O–H groups in total. The lowest BCUT2D eigenvalue weighted by atomic mass is 10.1. The van der Waals surface area contributed by atoms with Crippen molar-refractivity contribution >= 4 is 21.6 Å². The second-order valence-corrected chi connectivity index (χ2v) is 9.09. The molecule has 1 fully saturated rings. The maximum atomic E-state index is 13.1. The number of sulfonamides is 1. The van der Waals surface area contributed by atoms with Crippen molar-refractivity contribution in [1.82, 2.24) is 4.31 Å². The van der Waals surface area contributed by atoms with Gasteiger partial charge in [-0.05, 0) is 37.3 Å². The van der Waals surface area contributed by atoms with Gasteiger partial charge >= 0.3 is 0 Å². The smallest absolute Gasteiger partial charge is 0.269 e. The molecule has 2 aromatic carbocycles. The van der Waals surface area contributed by atoms with E-state index in [4.69, 9.17) is 18.9 Å². The van der Waals surface area contributed by atoms with E-state index in [-0.39, 0.29) is 23.7 Å². The quantitative estimate of drug-likeness (QED) is 0.745. The number of rotatable bonds is 5. The van der Waals surface area contributed by atoms with Crippen LogP contribution < -0.4 is 19.5 Å². The standard InChI is InChI=1S/C21H24N2O7S/c1-14-20(30-17-6-4-3-5-16(17)29-14)21(24)22-15-7-8-18(27-2)19(13-15)31(25,26)23-9-11-28-12-10-23/h3-8,13-14,20H,9-12H2,1-2H3,(H,22,24)/t14-,20-/m1/s1. The summed E-state index contributed by atoms with van der Waals surface area (Å²) in [5.41, 5.74) is 0.312. The van der Waals surface area contributed by atoms with E-state index < -0.39 is 28.1 Å². The lowest BCUT2D eigenvalue weighted by Gasteiger charge is -2.31. The number of benzene rings is 2. The van der Waals surface area contributed by atoms with Crippen LogP contribution in [0.3, 0.4) is 0 Å². The van der Waals surface area contributed by atoms with E-state index >= 15 is 0 Å². The van der Waals surface area contributed by atoms with Gasteiger partial charge in [0.15, 0.2) is 11.5 Å². The minimum Gasteiger partial charge on any atom is -0.495 e. The highest BCUT2D eigenvalue weighted by atomic mass is 32.2. The fraction of sp³-hybridized carbons (Fsp3) is 0.381. The van der Waals surface area contributed by atoms with Crippen molar-refractivity contribution in [1.29, 1.82) is 0 Å². The van der Waals surface area contributed by atoms with Gasteiger partial charge in [-0.2, -0.15) is 4.31 Å². The lowest BCUT2D eigenvalue weighted by molar-refractivity contribution is -0.128. The molecule has 9 nitrogen and oxygen atoms in total. The summed E-state index contributed by atoms with van der Waals surface area (Å²) in [4.78, 5) is 12.9. The summed E-state index contributed by atoms with van der Waals surface area (Å²) in [6.07, 6.45) is -1.42. The summed E-state index contributed by atoms with van der Waals surface area (Å²) in [5, 5.41) is 2.73.